The molecule has 1 saturated heterocycles. The van der Waals surface area contributed by atoms with Crippen LogP contribution < -0.4 is 0 Å². The Hall–Kier alpha value is -1.94. The molecule has 1 atom stereocenters. The van der Waals surface area contributed by atoms with E-state index in [0.717, 1.165) is 50.2 Å². The van der Waals surface area contributed by atoms with E-state index in [1.807, 2.05) is 37.3 Å². The molecule has 1 N–H and O–H groups in total. The number of nitrogens with one attached hydrogen (secondary N) is 1. The van der Waals surface area contributed by atoms with Gasteiger partial charge in [-0.25, -0.2) is 4.98 Å². The third-order valence-electron chi connectivity index (χ3n) is 5.02. The molecule has 0 radical (unpaired) electrons. The first-order valence-electron chi connectivity index (χ1n) is 8.36. The highest BCUT2D eigenvalue weighted by Crippen LogP contribution is 2.34. The van der Waals surface area contributed by atoms with E-state index in [1.54, 1.807) is 12.5 Å². The van der Waals surface area contributed by atoms with Crippen molar-refractivity contribution in [1.29, 1.82) is 0 Å². The van der Waals surface area contributed by atoms with Gasteiger partial charge in [0.15, 0.2) is 5.78 Å². The zero-order chi connectivity index (χ0) is 16.1. The van der Waals surface area contributed by atoms with E-state index in [9.17, 15) is 4.79 Å². The van der Waals surface area contributed by atoms with Crippen LogP contribution in [0.1, 0.15) is 48.7 Å². The van der Waals surface area contributed by atoms with Crippen molar-refractivity contribution in [1.82, 2.24) is 9.97 Å². The van der Waals surface area contributed by atoms with Gasteiger partial charge in [-0.1, -0.05) is 30.3 Å². The van der Waals surface area contributed by atoms with Gasteiger partial charge in [-0.05, 0) is 38.5 Å². The summed E-state index contributed by atoms with van der Waals surface area (Å²) < 4.78 is 5.44. The van der Waals surface area contributed by atoms with Crippen LogP contribution in [0.15, 0.2) is 42.9 Å². The van der Waals surface area contributed by atoms with Crippen LogP contribution in [0, 0.1) is 5.92 Å². The van der Waals surface area contributed by atoms with E-state index < -0.39 is 5.41 Å². The quantitative estimate of drug-likeness (QED) is 0.826. The molecule has 2 aromatic rings. The predicted octanol–water partition coefficient (Wildman–Crippen LogP) is 3.76. The average Bonchev–Trinajstić information content (AvgIpc) is 3.16. The Kier molecular flexibility index (Phi) is 4.91. The molecule has 1 aliphatic heterocycles. The zero-order valence-electron chi connectivity index (χ0n) is 13.6. The largest absolute Gasteiger partial charge is 0.381 e. The number of benzene rings is 1. The average molecular weight is 312 g/mol. The molecular weight excluding hydrogens is 288 g/mol. The Labute approximate surface area is 137 Å². The van der Waals surface area contributed by atoms with Gasteiger partial charge < -0.3 is 9.72 Å². The molecule has 4 nitrogen and oxygen atoms in total. The lowest BCUT2D eigenvalue weighted by atomic mass is 9.74. The number of aromatic amines is 1. The first-order valence-corrected chi connectivity index (χ1v) is 8.36. The van der Waals surface area contributed by atoms with Crippen LogP contribution in [0.4, 0.5) is 0 Å². The molecule has 2 heterocycles. The van der Waals surface area contributed by atoms with Crippen LogP contribution in [0.25, 0.3) is 0 Å². The van der Waals surface area contributed by atoms with Crippen molar-refractivity contribution in [2.24, 2.45) is 5.92 Å². The van der Waals surface area contributed by atoms with Gasteiger partial charge >= 0.3 is 0 Å². The SMILES string of the molecule is CC(CCC1CCOCC1)(C(=O)c1ccccc1)c1cnc[nH]1. The van der Waals surface area contributed by atoms with Crippen molar-refractivity contribution in [3.63, 3.8) is 0 Å². The maximum Gasteiger partial charge on any atom is 0.174 e. The maximum absolute atomic E-state index is 13.2. The third-order valence-corrected chi connectivity index (χ3v) is 5.02. The van der Waals surface area contributed by atoms with Gasteiger partial charge in [-0.2, -0.15) is 0 Å². The second-order valence-corrected chi connectivity index (χ2v) is 6.59. The zero-order valence-corrected chi connectivity index (χ0v) is 13.6. The molecule has 1 aromatic heterocycles. The van der Waals surface area contributed by atoms with E-state index >= 15 is 0 Å². The van der Waals surface area contributed by atoms with E-state index in [0.29, 0.717) is 5.92 Å². The van der Waals surface area contributed by atoms with E-state index in [-0.39, 0.29) is 5.78 Å². The van der Waals surface area contributed by atoms with Gasteiger partial charge in [-0.15, -0.1) is 0 Å². The maximum atomic E-state index is 13.2. The number of H-pyrrole nitrogens is 1. The first kappa shape index (κ1) is 15.9. The number of Topliss-reactive ketones (excluding diaryl/α,β-unsaturated/α-hetero) is 1. The molecule has 3 rings (SSSR count). The van der Waals surface area contributed by atoms with Gasteiger partial charge in [0, 0.05) is 30.7 Å². The topological polar surface area (TPSA) is 55.0 Å². The summed E-state index contributed by atoms with van der Waals surface area (Å²) in [5.74, 6) is 0.809. The molecule has 23 heavy (non-hydrogen) atoms. The highest BCUT2D eigenvalue weighted by molar-refractivity contribution is 6.03. The molecule has 0 amide bonds. The Morgan fingerprint density at radius 3 is 2.70 bits per heavy atom. The molecule has 1 aromatic carbocycles. The minimum absolute atomic E-state index is 0.161. The van der Waals surface area contributed by atoms with Crippen LogP contribution >= 0.6 is 0 Å². The lowest BCUT2D eigenvalue weighted by molar-refractivity contribution is 0.0601. The van der Waals surface area contributed by atoms with Crippen LogP contribution in [0.2, 0.25) is 0 Å². The van der Waals surface area contributed by atoms with Crippen LogP contribution in [0.5, 0.6) is 0 Å². The second-order valence-electron chi connectivity index (χ2n) is 6.59. The van der Waals surface area contributed by atoms with Crippen molar-refractivity contribution >= 4 is 5.78 Å². The number of ether oxygens (including phenoxy) is 1. The van der Waals surface area contributed by atoms with E-state index in [1.165, 1.54) is 0 Å². The molecule has 4 heteroatoms. The number of rotatable bonds is 6. The Morgan fingerprint density at radius 2 is 2.04 bits per heavy atom. The van der Waals surface area contributed by atoms with Crippen molar-refractivity contribution in [3.05, 3.63) is 54.1 Å². The van der Waals surface area contributed by atoms with E-state index in [2.05, 4.69) is 9.97 Å². The molecule has 1 fully saturated rings. The fourth-order valence-electron chi connectivity index (χ4n) is 3.36. The highest BCUT2D eigenvalue weighted by Gasteiger charge is 2.37. The molecule has 1 unspecified atom stereocenters. The fourth-order valence-corrected chi connectivity index (χ4v) is 3.36. The minimum Gasteiger partial charge on any atom is -0.381 e. The number of carbonyl (C=O) groups excluding carboxylic acids is 1. The fraction of sp³-hybridized carbons (Fsp3) is 0.474. The van der Waals surface area contributed by atoms with Crippen molar-refractivity contribution in [2.75, 3.05) is 13.2 Å². The number of hydrogen-bond acceptors (Lipinski definition) is 3. The third kappa shape index (κ3) is 3.53. The van der Waals surface area contributed by atoms with Crippen molar-refractivity contribution in [3.8, 4) is 0 Å². The summed E-state index contributed by atoms with van der Waals surface area (Å²) in [5.41, 5.74) is 1.10. The molecule has 122 valence electrons. The number of ketones is 1. The lowest BCUT2D eigenvalue weighted by Crippen LogP contribution is -2.34. The monoisotopic (exact) mass is 312 g/mol. The molecule has 0 spiro atoms. The van der Waals surface area contributed by atoms with Crippen LogP contribution in [-0.2, 0) is 10.2 Å². The summed E-state index contributed by atoms with van der Waals surface area (Å²) in [4.78, 5) is 20.5. The minimum atomic E-state index is -0.559. The Morgan fingerprint density at radius 1 is 1.30 bits per heavy atom. The van der Waals surface area contributed by atoms with Gasteiger partial charge in [0.2, 0.25) is 0 Å². The summed E-state index contributed by atoms with van der Waals surface area (Å²) in [6.07, 6.45) is 7.49. The Bertz CT molecular complexity index is 618. The summed E-state index contributed by atoms with van der Waals surface area (Å²) >= 11 is 0. The van der Waals surface area contributed by atoms with Gasteiger partial charge in [0.25, 0.3) is 0 Å². The van der Waals surface area contributed by atoms with Crippen molar-refractivity contribution in [2.45, 2.75) is 38.0 Å². The number of aromatic nitrogens is 2. The molecule has 0 saturated carbocycles. The molecule has 0 aliphatic carbocycles. The number of carbonyl (C=O) groups is 1. The number of imidazole rings is 1. The molecule has 1 aliphatic rings. The summed E-state index contributed by atoms with van der Waals surface area (Å²) in [6, 6.07) is 9.56. The lowest BCUT2D eigenvalue weighted by Gasteiger charge is -2.30. The summed E-state index contributed by atoms with van der Waals surface area (Å²) in [7, 11) is 0. The van der Waals surface area contributed by atoms with Gasteiger partial charge in [0.1, 0.15) is 0 Å². The van der Waals surface area contributed by atoms with Crippen LogP contribution in [-0.4, -0.2) is 29.0 Å². The highest BCUT2D eigenvalue weighted by atomic mass is 16.5. The van der Waals surface area contributed by atoms with Crippen LogP contribution in [0.3, 0.4) is 0 Å². The molecular formula is C19H24N2O2. The van der Waals surface area contributed by atoms with Crippen molar-refractivity contribution < 1.29 is 9.53 Å². The Balaban J connectivity index is 1.81. The number of hydrogen-bond donors (Lipinski definition) is 1. The summed E-state index contributed by atoms with van der Waals surface area (Å²) in [6.45, 7) is 3.73. The standard InChI is InChI=1S/C19H24N2O2/c1-19(17-13-20-14-21-17,10-7-15-8-11-23-12-9-15)18(22)16-5-3-2-4-6-16/h2-6,13-15H,7-12H2,1H3,(H,20,21). The van der Waals surface area contributed by atoms with E-state index in [4.69, 9.17) is 4.74 Å². The smallest absolute Gasteiger partial charge is 0.174 e. The molecule has 0 bridgehead atoms. The second kappa shape index (κ2) is 7.09. The number of nitrogens with zero attached hydrogens (tertiary/aromatic N) is 1. The van der Waals surface area contributed by atoms with Gasteiger partial charge in [-0.3, -0.25) is 4.79 Å². The first-order chi connectivity index (χ1) is 11.2. The normalized spacial score (nSPS) is 18.5. The van der Waals surface area contributed by atoms with Gasteiger partial charge in [0.05, 0.1) is 11.7 Å². The predicted molar refractivity (Wildman–Crippen MR) is 89.5 cm³/mol. The summed E-state index contributed by atoms with van der Waals surface area (Å²) in [5, 5.41) is 0.